The number of phenols is 3. The second-order valence-corrected chi connectivity index (χ2v) is 16.9. The predicted octanol–water partition coefficient (Wildman–Crippen LogP) is 6.52. The molecule has 2 aromatic carbocycles. The molecule has 59 heavy (non-hydrogen) atoms. The Morgan fingerprint density at radius 2 is 1.59 bits per heavy atom. The van der Waals surface area contributed by atoms with E-state index in [2.05, 4.69) is 5.32 Å². The van der Waals surface area contributed by atoms with E-state index in [1.54, 1.807) is 46.8 Å². The molecule has 6 rings (SSSR count). The topological polar surface area (TPSA) is 205 Å². The SMILES string of the molecule is COC1/C=C/OC2(C)Oc3c(C)c(O)c4c(O)c(c(CN(C)C5CCCCC5)c(O)c4c3C2=O)NC(=O)/C(C)=C/C=C/C(C)C(O)C(C)C(O)C(C)C(OC(C)=O)C1C. The van der Waals surface area contributed by atoms with Crippen molar-refractivity contribution in [3.05, 3.63) is 52.8 Å². The molecule has 1 fully saturated rings. The summed E-state index contributed by atoms with van der Waals surface area (Å²) in [5.74, 6) is -7.81. The minimum atomic E-state index is -2.01. The zero-order valence-electron chi connectivity index (χ0n) is 35.9. The van der Waals surface area contributed by atoms with Crippen LogP contribution in [0.3, 0.4) is 0 Å². The summed E-state index contributed by atoms with van der Waals surface area (Å²) in [6, 6.07) is 0.162. The molecule has 4 aliphatic rings. The van der Waals surface area contributed by atoms with Crippen LogP contribution in [0.2, 0.25) is 0 Å². The Balaban J connectivity index is 1.70. The molecule has 2 aromatic rings. The fourth-order valence-electron chi connectivity index (χ4n) is 8.84. The summed E-state index contributed by atoms with van der Waals surface area (Å²) in [6.07, 6.45) is 8.81. The number of methoxy groups -OCH3 is 1. The average Bonchev–Trinajstić information content (AvgIpc) is 3.47. The quantitative estimate of drug-likeness (QED) is 0.108. The zero-order chi connectivity index (χ0) is 43.7. The lowest BCUT2D eigenvalue weighted by atomic mass is 9.78. The van der Waals surface area contributed by atoms with E-state index in [4.69, 9.17) is 18.9 Å². The Hall–Kier alpha value is -4.63. The number of anilines is 1. The van der Waals surface area contributed by atoms with Gasteiger partial charge in [-0.25, -0.2) is 0 Å². The van der Waals surface area contributed by atoms with Crippen LogP contribution in [0.25, 0.3) is 10.8 Å². The summed E-state index contributed by atoms with van der Waals surface area (Å²) in [6.45, 7) is 12.8. The van der Waals surface area contributed by atoms with Gasteiger partial charge in [-0.3, -0.25) is 19.3 Å². The molecule has 0 radical (unpaired) electrons. The lowest BCUT2D eigenvalue weighted by molar-refractivity contribution is -0.160. The van der Waals surface area contributed by atoms with Gasteiger partial charge in [-0.2, -0.15) is 0 Å². The number of amides is 1. The minimum Gasteiger partial charge on any atom is -0.507 e. The van der Waals surface area contributed by atoms with Crippen LogP contribution in [0.15, 0.2) is 36.1 Å². The molecule has 9 atom stereocenters. The van der Waals surface area contributed by atoms with Crippen LogP contribution in [-0.4, -0.2) is 98.5 Å². The number of phenolic OH excluding ortho intramolecular Hbond substituents is 3. The van der Waals surface area contributed by atoms with E-state index in [1.165, 1.54) is 46.3 Å². The Morgan fingerprint density at radius 1 is 0.932 bits per heavy atom. The summed E-state index contributed by atoms with van der Waals surface area (Å²) in [7, 11) is 3.35. The van der Waals surface area contributed by atoms with Crippen molar-refractivity contribution in [2.24, 2.45) is 23.7 Å². The minimum absolute atomic E-state index is 0.0509. The lowest BCUT2D eigenvalue weighted by Crippen LogP contribution is -2.46. The molecule has 9 unspecified atom stereocenters. The highest BCUT2D eigenvalue weighted by Crippen LogP contribution is 2.55. The maximum Gasteiger partial charge on any atom is 0.312 e. The predicted molar refractivity (Wildman–Crippen MR) is 222 cm³/mol. The molecule has 3 aliphatic heterocycles. The highest BCUT2D eigenvalue weighted by Gasteiger charge is 2.50. The fraction of sp³-hybridized carbons (Fsp3) is 0.578. The number of rotatable bonds is 5. The zero-order valence-corrected chi connectivity index (χ0v) is 35.9. The summed E-state index contributed by atoms with van der Waals surface area (Å²) in [4.78, 5) is 42.7. The maximum absolute atomic E-state index is 14.5. The number of ether oxygens (including phenoxy) is 4. The van der Waals surface area contributed by atoms with Crippen molar-refractivity contribution in [2.45, 2.75) is 130 Å². The number of benzene rings is 2. The third-order valence-electron chi connectivity index (χ3n) is 12.7. The van der Waals surface area contributed by atoms with Gasteiger partial charge in [-0.1, -0.05) is 65.2 Å². The monoisotopic (exact) mass is 822 g/mol. The number of hydrogen-bond donors (Lipinski definition) is 6. The molecule has 5 bridgehead atoms. The van der Waals surface area contributed by atoms with Crippen LogP contribution in [0.5, 0.6) is 23.0 Å². The van der Waals surface area contributed by atoms with Crippen LogP contribution in [-0.2, 0) is 30.3 Å². The fourth-order valence-corrected chi connectivity index (χ4v) is 8.84. The molecule has 6 N–H and O–H groups in total. The van der Waals surface area contributed by atoms with Crippen molar-refractivity contribution in [3.63, 3.8) is 0 Å². The number of hydrogen-bond acceptors (Lipinski definition) is 13. The first-order valence-corrected chi connectivity index (χ1v) is 20.5. The second-order valence-electron chi connectivity index (χ2n) is 16.9. The third kappa shape index (κ3) is 8.96. The van der Waals surface area contributed by atoms with Gasteiger partial charge in [0.2, 0.25) is 0 Å². The molecule has 1 saturated carbocycles. The number of esters is 1. The Bertz CT molecular complexity index is 2020. The first kappa shape index (κ1) is 45.5. The van der Waals surface area contributed by atoms with Crippen LogP contribution >= 0.6 is 0 Å². The van der Waals surface area contributed by atoms with Gasteiger partial charge in [0.25, 0.3) is 11.7 Å². The highest BCUT2D eigenvalue weighted by atomic mass is 16.7. The van der Waals surface area contributed by atoms with Gasteiger partial charge in [0.15, 0.2) is 5.75 Å². The first-order valence-electron chi connectivity index (χ1n) is 20.5. The largest absolute Gasteiger partial charge is 0.507 e. The van der Waals surface area contributed by atoms with Gasteiger partial charge in [-0.05, 0) is 39.8 Å². The molecular weight excluding hydrogens is 760 g/mol. The molecule has 0 aromatic heterocycles. The van der Waals surface area contributed by atoms with Gasteiger partial charge in [0.05, 0.1) is 41.2 Å². The Labute approximate surface area is 346 Å². The van der Waals surface area contributed by atoms with E-state index < -0.39 is 88.8 Å². The van der Waals surface area contributed by atoms with Crippen molar-refractivity contribution in [3.8, 4) is 23.0 Å². The number of nitrogens with one attached hydrogen (secondary N) is 1. The summed E-state index contributed by atoms with van der Waals surface area (Å²) in [5.41, 5.74) is 0.209. The number of carbonyl (C=O) groups excluding carboxylic acids is 3. The molecule has 1 amide bonds. The maximum atomic E-state index is 14.5. The van der Waals surface area contributed by atoms with Crippen LogP contribution in [0.4, 0.5) is 5.69 Å². The summed E-state index contributed by atoms with van der Waals surface area (Å²) >= 11 is 0. The van der Waals surface area contributed by atoms with Crippen LogP contribution in [0.1, 0.15) is 102 Å². The second kappa shape index (κ2) is 18.3. The molecule has 3 heterocycles. The van der Waals surface area contributed by atoms with Crippen LogP contribution in [0, 0.1) is 30.6 Å². The Morgan fingerprint density at radius 3 is 2.22 bits per heavy atom. The van der Waals surface area contributed by atoms with Gasteiger partial charge < -0.3 is 49.8 Å². The van der Waals surface area contributed by atoms with Crippen molar-refractivity contribution in [1.29, 1.82) is 0 Å². The highest BCUT2D eigenvalue weighted by molar-refractivity contribution is 6.22. The molecule has 0 spiro atoms. The number of aliphatic hydroxyl groups excluding tert-OH is 2. The van der Waals surface area contributed by atoms with Crippen molar-refractivity contribution in [2.75, 3.05) is 19.5 Å². The number of ketones is 1. The Kier molecular flexibility index (Phi) is 14.1. The summed E-state index contributed by atoms with van der Waals surface area (Å²) in [5, 5.41) is 61.2. The van der Waals surface area contributed by atoms with Gasteiger partial charge in [0.1, 0.15) is 23.4 Å². The van der Waals surface area contributed by atoms with Gasteiger partial charge in [0, 0.05) is 79.3 Å². The third-order valence-corrected chi connectivity index (χ3v) is 12.7. The number of aromatic hydroxyl groups is 3. The molecule has 14 heteroatoms. The van der Waals surface area contributed by atoms with Crippen molar-refractivity contribution < 1.29 is 58.9 Å². The normalized spacial score (nSPS) is 32.0. The smallest absolute Gasteiger partial charge is 0.312 e. The standard InChI is InChI=1S/C45H62N2O12/c1-22-15-14-16-23(2)44(55)46-35-30(21-47(9)29-17-12-11-13-18-29)39(52)32-33(40(35)53)38(51)27(6)42-34(32)43(54)45(8,59-42)57-20-19-31(56-10)24(3)41(58-28(7)48)26(5)37(50)25(4)36(22)49/h14-16,19-20,22,24-26,29,31,36-37,41,49-53H,11-13,17-18,21H2,1-10H3,(H,46,55)/b15-14+,20-19+,23-16+. The van der Waals surface area contributed by atoms with Gasteiger partial charge >= 0.3 is 11.8 Å². The van der Waals surface area contributed by atoms with E-state index in [-0.39, 0.29) is 57.1 Å². The average molecular weight is 823 g/mol. The number of carbonyl (C=O) groups is 3. The molecule has 324 valence electrons. The molecule has 14 nitrogen and oxygen atoms in total. The van der Waals surface area contributed by atoms with Crippen molar-refractivity contribution in [1.82, 2.24) is 4.90 Å². The van der Waals surface area contributed by atoms with E-state index in [9.17, 15) is 39.9 Å². The number of aliphatic hydroxyl groups is 2. The van der Waals surface area contributed by atoms with E-state index >= 15 is 0 Å². The molecule has 0 saturated heterocycles. The number of nitrogens with zero attached hydrogens (tertiary/aromatic N) is 1. The summed E-state index contributed by atoms with van der Waals surface area (Å²) < 4.78 is 23.7. The number of fused-ring (bicyclic) bond motifs is 14. The van der Waals surface area contributed by atoms with Crippen molar-refractivity contribution >= 4 is 34.1 Å². The van der Waals surface area contributed by atoms with Crippen LogP contribution < -0.4 is 10.1 Å². The number of Topliss-reactive ketones (excluding diaryl/α,β-unsaturated/α-hetero) is 1. The molecular formula is C45H62N2O12. The first-order chi connectivity index (χ1) is 27.7. The van der Waals surface area contributed by atoms with E-state index in [1.807, 2.05) is 11.9 Å². The van der Waals surface area contributed by atoms with E-state index in [0.717, 1.165) is 32.1 Å². The lowest BCUT2D eigenvalue weighted by Gasteiger charge is -2.38. The number of allylic oxidation sites excluding steroid dienone is 2. The van der Waals surface area contributed by atoms with Gasteiger partial charge in [-0.15, -0.1) is 0 Å². The van der Waals surface area contributed by atoms with E-state index in [0.29, 0.717) is 0 Å². The molecule has 1 aliphatic carbocycles.